The van der Waals surface area contributed by atoms with E-state index in [2.05, 4.69) is 36.5 Å². The highest BCUT2D eigenvalue weighted by atomic mass is 16.2. The third-order valence-electron chi connectivity index (χ3n) is 3.90. The Kier molecular flexibility index (Phi) is 5.37. The molecule has 0 aliphatic heterocycles. The molecule has 0 aromatic heterocycles. The monoisotopic (exact) mass is 262 g/mol. The average Bonchev–Trinajstić information content (AvgIpc) is 3.27. The molecular formula is C16H26N2O. The summed E-state index contributed by atoms with van der Waals surface area (Å²) in [6.45, 7) is 3.01. The lowest BCUT2D eigenvalue weighted by Gasteiger charge is -2.22. The highest BCUT2D eigenvalue weighted by Gasteiger charge is 2.23. The third kappa shape index (κ3) is 4.30. The van der Waals surface area contributed by atoms with Crippen molar-refractivity contribution in [1.29, 1.82) is 0 Å². The van der Waals surface area contributed by atoms with Crippen LogP contribution in [-0.2, 0) is 0 Å². The molecule has 1 aromatic rings. The molecule has 0 bridgehead atoms. The summed E-state index contributed by atoms with van der Waals surface area (Å²) < 4.78 is 0. The molecule has 3 heteroatoms. The first kappa shape index (κ1) is 14.5. The van der Waals surface area contributed by atoms with Gasteiger partial charge >= 0.3 is 0 Å². The van der Waals surface area contributed by atoms with E-state index in [9.17, 15) is 0 Å². The number of benzene rings is 1. The van der Waals surface area contributed by atoms with E-state index in [1.54, 1.807) is 0 Å². The number of nitrogens with two attached hydrogens (primary N) is 1. The predicted octanol–water partition coefficient (Wildman–Crippen LogP) is 2.31. The topological polar surface area (TPSA) is 58.3 Å². The Bertz CT molecular complexity index is 373. The van der Waals surface area contributed by atoms with Crippen LogP contribution < -0.4 is 11.1 Å². The van der Waals surface area contributed by atoms with Gasteiger partial charge in [0.25, 0.3) is 0 Å². The van der Waals surface area contributed by atoms with E-state index in [0.29, 0.717) is 12.6 Å². The molecule has 1 aliphatic carbocycles. The lowest BCUT2D eigenvalue weighted by molar-refractivity contribution is 0.274. The molecule has 2 atom stereocenters. The van der Waals surface area contributed by atoms with Gasteiger partial charge in [-0.1, -0.05) is 24.3 Å². The summed E-state index contributed by atoms with van der Waals surface area (Å²) in [5.41, 5.74) is 8.61. The first-order valence-electron chi connectivity index (χ1n) is 7.41. The summed E-state index contributed by atoms with van der Waals surface area (Å²) in [4.78, 5) is 0. The molecule has 4 N–H and O–H groups in total. The van der Waals surface area contributed by atoms with Gasteiger partial charge in [-0.25, -0.2) is 0 Å². The lowest BCUT2D eigenvalue weighted by atomic mass is 10.0. The Labute approximate surface area is 116 Å². The number of hydrogen-bond acceptors (Lipinski definition) is 3. The number of aliphatic hydroxyl groups is 1. The quantitative estimate of drug-likeness (QED) is 0.674. The van der Waals surface area contributed by atoms with Crippen LogP contribution in [0.3, 0.4) is 0 Å². The van der Waals surface area contributed by atoms with Crippen LogP contribution in [0, 0.1) is 0 Å². The SMILES string of the molecule is CC(CCCO)NC(CN)c1ccc(C2CC2)cc1. The van der Waals surface area contributed by atoms with Gasteiger partial charge < -0.3 is 16.2 Å². The number of rotatable bonds is 8. The maximum atomic E-state index is 8.86. The second kappa shape index (κ2) is 7.04. The van der Waals surface area contributed by atoms with E-state index >= 15 is 0 Å². The van der Waals surface area contributed by atoms with Gasteiger partial charge in [-0.2, -0.15) is 0 Å². The minimum absolute atomic E-state index is 0.210. The molecule has 0 amide bonds. The smallest absolute Gasteiger partial charge is 0.0446 e. The molecular weight excluding hydrogens is 236 g/mol. The zero-order valence-corrected chi connectivity index (χ0v) is 11.8. The van der Waals surface area contributed by atoms with Crippen molar-refractivity contribution in [2.45, 2.75) is 50.6 Å². The second-order valence-corrected chi connectivity index (χ2v) is 5.66. The third-order valence-corrected chi connectivity index (χ3v) is 3.90. The summed E-state index contributed by atoms with van der Waals surface area (Å²) in [6, 6.07) is 9.49. The Morgan fingerprint density at radius 2 is 2.00 bits per heavy atom. The molecule has 106 valence electrons. The Balaban J connectivity index is 1.92. The van der Waals surface area contributed by atoms with Crippen molar-refractivity contribution in [2.75, 3.05) is 13.2 Å². The van der Waals surface area contributed by atoms with Gasteiger partial charge in [0.2, 0.25) is 0 Å². The zero-order valence-electron chi connectivity index (χ0n) is 11.8. The molecule has 1 saturated carbocycles. The van der Waals surface area contributed by atoms with Crippen LogP contribution in [0.15, 0.2) is 24.3 Å². The van der Waals surface area contributed by atoms with Gasteiger partial charge in [-0.3, -0.25) is 0 Å². The van der Waals surface area contributed by atoms with Gasteiger partial charge in [0.05, 0.1) is 0 Å². The number of aliphatic hydroxyl groups excluding tert-OH is 1. The van der Waals surface area contributed by atoms with Crippen LogP contribution in [0.25, 0.3) is 0 Å². The standard InChI is InChI=1S/C16H26N2O/c1-12(3-2-10-19)18-16(11-17)15-8-6-14(7-9-15)13-4-5-13/h6-9,12-13,16,18-19H,2-5,10-11,17H2,1H3. The molecule has 0 heterocycles. The van der Waals surface area contributed by atoms with Crippen molar-refractivity contribution in [1.82, 2.24) is 5.32 Å². The number of nitrogens with one attached hydrogen (secondary N) is 1. The normalized spacial score (nSPS) is 18.3. The van der Waals surface area contributed by atoms with Crippen molar-refractivity contribution in [3.05, 3.63) is 35.4 Å². The van der Waals surface area contributed by atoms with E-state index < -0.39 is 0 Å². The van der Waals surface area contributed by atoms with E-state index in [1.165, 1.54) is 24.0 Å². The Morgan fingerprint density at radius 1 is 1.32 bits per heavy atom. The van der Waals surface area contributed by atoms with E-state index in [1.807, 2.05) is 0 Å². The molecule has 0 radical (unpaired) electrons. The van der Waals surface area contributed by atoms with E-state index in [0.717, 1.165) is 18.8 Å². The maximum Gasteiger partial charge on any atom is 0.0446 e. The van der Waals surface area contributed by atoms with Crippen molar-refractivity contribution < 1.29 is 5.11 Å². The molecule has 0 spiro atoms. The van der Waals surface area contributed by atoms with Gasteiger partial charge in [-0.15, -0.1) is 0 Å². The van der Waals surface area contributed by atoms with Crippen LogP contribution in [0.4, 0.5) is 0 Å². The van der Waals surface area contributed by atoms with Crippen LogP contribution in [-0.4, -0.2) is 24.3 Å². The fraction of sp³-hybridized carbons (Fsp3) is 0.625. The van der Waals surface area contributed by atoms with Crippen molar-refractivity contribution >= 4 is 0 Å². The number of hydrogen-bond donors (Lipinski definition) is 3. The summed E-state index contributed by atoms with van der Waals surface area (Å²) in [7, 11) is 0. The second-order valence-electron chi connectivity index (χ2n) is 5.66. The largest absolute Gasteiger partial charge is 0.396 e. The minimum atomic E-state index is 0.210. The summed E-state index contributed by atoms with van der Waals surface area (Å²) in [5.74, 6) is 0.807. The van der Waals surface area contributed by atoms with Crippen molar-refractivity contribution in [2.24, 2.45) is 5.73 Å². The van der Waals surface area contributed by atoms with E-state index in [4.69, 9.17) is 10.8 Å². The molecule has 2 unspecified atom stereocenters. The average molecular weight is 262 g/mol. The zero-order chi connectivity index (χ0) is 13.7. The Hall–Kier alpha value is -0.900. The van der Waals surface area contributed by atoms with E-state index in [-0.39, 0.29) is 12.6 Å². The summed E-state index contributed by atoms with van der Waals surface area (Å²) >= 11 is 0. The van der Waals surface area contributed by atoms with Crippen molar-refractivity contribution in [3.8, 4) is 0 Å². The molecule has 19 heavy (non-hydrogen) atoms. The lowest BCUT2D eigenvalue weighted by Crippen LogP contribution is -2.35. The van der Waals surface area contributed by atoms with Crippen LogP contribution in [0.2, 0.25) is 0 Å². The molecule has 1 aliphatic rings. The highest BCUT2D eigenvalue weighted by Crippen LogP contribution is 2.40. The predicted molar refractivity (Wildman–Crippen MR) is 79.1 cm³/mol. The summed E-state index contributed by atoms with van der Waals surface area (Å²) in [5, 5.41) is 12.4. The van der Waals surface area contributed by atoms with Gasteiger partial charge in [0, 0.05) is 25.2 Å². The van der Waals surface area contributed by atoms with Crippen LogP contribution in [0.5, 0.6) is 0 Å². The fourth-order valence-electron chi connectivity index (χ4n) is 2.54. The first-order valence-corrected chi connectivity index (χ1v) is 7.41. The molecule has 0 saturated heterocycles. The first-order chi connectivity index (χ1) is 9.24. The van der Waals surface area contributed by atoms with Gasteiger partial charge in [0.15, 0.2) is 0 Å². The highest BCUT2D eigenvalue weighted by molar-refractivity contribution is 5.29. The minimum Gasteiger partial charge on any atom is -0.396 e. The summed E-state index contributed by atoms with van der Waals surface area (Å²) in [6.07, 6.45) is 4.51. The molecule has 3 nitrogen and oxygen atoms in total. The molecule has 2 rings (SSSR count). The van der Waals surface area contributed by atoms with Crippen LogP contribution in [0.1, 0.15) is 55.7 Å². The van der Waals surface area contributed by atoms with Gasteiger partial charge in [-0.05, 0) is 49.7 Å². The molecule has 1 fully saturated rings. The maximum absolute atomic E-state index is 8.86. The Morgan fingerprint density at radius 3 is 2.53 bits per heavy atom. The van der Waals surface area contributed by atoms with Gasteiger partial charge in [0.1, 0.15) is 0 Å². The van der Waals surface area contributed by atoms with Crippen LogP contribution >= 0.6 is 0 Å². The van der Waals surface area contributed by atoms with Crippen molar-refractivity contribution in [3.63, 3.8) is 0 Å². The fourth-order valence-corrected chi connectivity index (χ4v) is 2.54. The molecule has 1 aromatic carbocycles.